The van der Waals surface area contributed by atoms with Gasteiger partial charge >= 0.3 is 5.97 Å². The maximum absolute atomic E-state index is 12.1. The van der Waals surface area contributed by atoms with E-state index >= 15 is 0 Å². The molecule has 2 aromatic carbocycles. The van der Waals surface area contributed by atoms with Crippen LogP contribution in [0.1, 0.15) is 22.8 Å². The first-order valence-corrected chi connectivity index (χ1v) is 7.82. The minimum atomic E-state index is -0.895. The van der Waals surface area contributed by atoms with Crippen molar-refractivity contribution in [3.05, 3.63) is 64.7 Å². The lowest BCUT2D eigenvalue weighted by Crippen LogP contribution is -2.23. The van der Waals surface area contributed by atoms with Crippen molar-refractivity contribution < 1.29 is 19.4 Å². The van der Waals surface area contributed by atoms with Gasteiger partial charge in [-0.3, -0.25) is 9.59 Å². The molecule has 5 nitrogen and oxygen atoms in total. The van der Waals surface area contributed by atoms with Gasteiger partial charge in [0.1, 0.15) is 12.4 Å². The Bertz CT molecular complexity index is 715. The van der Waals surface area contributed by atoms with Crippen molar-refractivity contribution in [2.75, 3.05) is 6.61 Å². The van der Waals surface area contributed by atoms with Crippen LogP contribution in [-0.4, -0.2) is 23.6 Å². The SMILES string of the molecule is CC(COc1ccc(CNC(=O)c2ccccc2Cl)cc1)C(=O)O. The number of nitrogens with one attached hydrogen (secondary N) is 1. The van der Waals surface area contributed by atoms with Crippen molar-refractivity contribution in [1.29, 1.82) is 0 Å². The standard InChI is InChI=1S/C18H18ClNO4/c1-12(18(22)23)11-24-14-8-6-13(7-9-14)10-20-17(21)15-4-2-3-5-16(15)19/h2-9,12H,10-11H2,1H3,(H,20,21)(H,22,23). The van der Waals surface area contributed by atoms with Gasteiger partial charge in [-0.2, -0.15) is 0 Å². The highest BCUT2D eigenvalue weighted by molar-refractivity contribution is 6.33. The summed E-state index contributed by atoms with van der Waals surface area (Å²) in [4.78, 5) is 22.8. The summed E-state index contributed by atoms with van der Waals surface area (Å²) in [5.41, 5.74) is 1.33. The van der Waals surface area contributed by atoms with E-state index in [2.05, 4.69) is 5.32 Å². The molecule has 1 amide bonds. The highest BCUT2D eigenvalue weighted by atomic mass is 35.5. The highest BCUT2D eigenvalue weighted by Gasteiger charge is 2.11. The number of carbonyl (C=O) groups is 2. The van der Waals surface area contributed by atoms with E-state index in [0.29, 0.717) is 22.9 Å². The summed E-state index contributed by atoms with van der Waals surface area (Å²) in [5, 5.41) is 12.0. The topological polar surface area (TPSA) is 75.6 Å². The third kappa shape index (κ3) is 4.99. The predicted molar refractivity (Wildman–Crippen MR) is 91.4 cm³/mol. The molecule has 0 aliphatic rings. The van der Waals surface area contributed by atoms with E-state index in [9.17, 15) is 9.59 Å². The van der Waals surface area contributed by atoms with Gasteiger partial charge in [0, 0.05) is 6.54 Å². The fraction of sp³-hybridized carbons (Fsp3) is 0.222. The summed E-state index contributed by atoms with van der Waals surface area (Å²) in [6, 6.07) is 14.0. The second-order valence-corrected chi connectivity index (χ2v) is 5.76. The molecule has 2 N–H and O–H groups in total. The molecule has 6 heteroatoms. The number of benzene rings is 2. The Morgan fingerprint density at radius 3 is 2.46 bits per heavy atom. The van der Waals surface area contributed by atoms with Gasteiger partial charge < -0.3 is 15.2 Å². The predicted octanol–water partition coefficient (Wildman–Crippen LogP) is 3.37. The number of carboxylic acid groups (broad SMARTS) is 1. The smallest absolute Gasteiger partial charge is 0.309 e. The maximum Gasteiger partial charge on any atom is 0.309 e. The van der Waals surface area contributed by atoms with Crippen LogP contribution in [-0.2, 0) is 11.3 Å². The van der Waals surface area contributed by atoms with Crippen molar-refractivity contribution in [2.45, 2.75) is 13.5 Å². The van der Waals surface area contributed by atoms with E-state index in [1.165, 1.54) is 0 Å². The fourth-order valence-corrected chi connectivity index (χ4v) is 2.14. The Hall–Kier alpha value is -2.53. The van der Waals surface area contributed by atoms with Crippen LogP contribution >= 0.6 is 11.6 Å². The molecule has 0 saturated carbocycles. The largest absolute Gasteiger partial charge is 0.493 e. The Balaban J connectivity index is 1.87. The molecular formula is C18H18ClNO4. The lowest BCUT2D eigenvalue weighted by Gasteiger charge is -2.10. The van der Waals surface area contributed by atoms with Gasteiger partial charge in [0.25, 0.3) is 5.91 Å². The number of amides is 1. The summed E-state index contributed by atoms with van der Waals surface area (Å²) in [6.07, 6.45) is 0. The second-order valence-electron chi connectivity index (χ2n) is 5.36. The molecule has 0 aromatic heterocycles. The number of aliphatic carboxylic acids is 1. The molecule has 0 aliphatic carbocycles. The summed E-state index contributed by atoms with van der Waals surface area (Å²) >= 11 is 5.98. The molecular weight excluding hydrogens is 330 g/mol. The van der Waals surface area contributed by atoms with E-state index < -0.39 is 11.9 Å². The number of hydrogen-bond acceptors (Lipinski definition) is 3. The average Bonchev–Trinajstić information content (AvgIpc) is 2.58. The van der Waals surface area contributed by atoms with E-state index in [0.717, 1.165) is 5.56 Å². The number of carboxylic acids is 1. The molecule has 0 radical (unpaired) electrons. The summed E-state index contributed by atoms with van der Waals surface area (Å²) < 4.78 is 5.41. The van der Waals surface area contributed by atoms with Gasteiger partial charge in [-0.05, 0) is 36.8 Å². The molecule has 1 unspecified atom stereocenters. The van der Waals surface area contributed by atoms with Gasteiger partial charge in [-0.25, -0.2) is 0 Å². The molecule has 2 aromatic rings. The fourth-order valence-electron chi connectivity index (χ4n) is 1.92. The number of rotatable bonds is 7. The molecule has 1 atom stereocenters. The molecule has 2 rings (SSSR count). The molecule has 0 saturated heterocycles. The lowest BCUT2D eigenvalue weighted by molar-refractivity contribution is -0.142. The first-order chi connectivity index (χ1) is 11.5. The number of ether oxygens (including phenoxy) is 1. The van der Waals surface area contributed by atoms with Crippen LogP contribution in [0.3, 0.4) is 0 Å². The third-order valence-corrected chi connectivity index (χ3v) is 3.75. The summed E-state index contributed by atoms with van der Waals surface area (Å²) in [7, 11) is 0. The monoisotopic (exact) mass is 347 g/mol. The van der Waals surface area contributed by atoms with E-state index in [-0.39, 0.29) is 12.5 Å². The van der Waals surface area contributed by atoms with E-state index in [1.807, 2.05) is 12.1 Å². The van der Waals surface area contributed by atoms with Gasteiger partial charge in [0.05, 0.1) is 16.5 Å². The van der Waals surface area contributed by atoms with Crippen molar-refractivity contribution in [2.24, 2.45) is 5.92 Å². The minimum absolute atomic E-state index is 0.109. The molecule has 0 heterocycles. The number of hydrogen-bond donors (Lipinski definition) is 2. The zero-order valence-corrected chi connectivity index (χ0v) is 13.9. The molecule has 0 fully saturated rings. The van der Waals surface area contributed by atoms with Crippen molar-refractivity contribution in [1.82, 2.24) is 5.32 Å². The van der Waals surface area contributed by atoms with Crippen LogP contribution in [0.2, 0.25) is 5.02 Å². The van der Waals surface area contributed by atoms with Crippen LogP contribution in [0, 0.1) is 5.92 Å². The van der Waals surface area contributed by atoms with Crippen molar-refractivity contribution >= 4 is 23.5 Å². The Kier molecular flexibility index (Phi) is 6.21. The molecule has 126 valence electrons. The van der Waals surface area contributed by atoms with Crippen LogP contribution in [0.4, 0.5) is 0 Å². The zero-order valence-electron chi connectivity index (χ0n) is 13.2. The van der Waals surface area contributed by atoms with E-state index in [1.54, 1.807) is 43.3 Å². The molecule has 0 bridgehead atoms. The van der Waals surface area contributed by atoms with Gasteiger partial charge in [0.2, 0.25) is 0 Å². The first kappa shape index (κ1) is 17.8. The summed E-state index contributed by atoms with van der Waals surface area (Å²) in [5.74, 6) is -1.12. The number of halogens is 1. The van der Waals surface area contributed by atoms with Crippen LogP contribution in [0.5, 0.6) is 5.75 Å². The van der Waals surface area contributed by atoms with Gasteiger partial charge in [0.15, 0.2) is 0 Å². The van der Waals surface area contributed by atoms with Gasteiger partial charge in [-0.15, -0.1) is 0 Å². The first-order valence-electron chi connectivity index (χ1n) is 7.44. The highest BCUT2D eigenvalue weighted by Crippen LogP contribution is 2.16. The molecule has 0 spiro atoms. The molecule has 24 heavy (non-hydrogen) atoms. The maximum atomic E-state index is 12.1. The average molecular weight is 348 g/mol. The van der Waals surface area contributed by atoms with Crippen LogP contribution < -0.4 is 10.1 Å². The quantitative estimate of drug-likeness (QED) is 0.805. The van der Waals surface area contributed by atoms with Crippen LogP contribution in [0.25, 0.3) is 0 Å². The molecule has 0 aliphatic heterocycles. The van der Waals surface area contributed by atoms with Gasteiger partial charge in [-0.1, -0.05) is 35.9 Å². The lowest BCUT2D eigenvalue weighted by atomic mass is 10.2. The van der Waals surface area contributed by atoms with Crippen molar-refractivity contribution in [3.8, 4) is 5.75 Å². The van der Waals surface area contributed by atoms with E-state index in [4.69, 9.17) is 21.4 Å². The normalized spacial score (nSPS) is 11.6. The Morgan fingerprint density at radius 2 is 1.83 bits per heavy atom. The second kappa shape index (κ2) is 8.36. The van der Waals surface area contributed by atoms with Crippen LogP contribution in [0.15, 0.2) is 48.5 Å². The Morgan fingerprint density at radius 1 is 1.17 bits per heavy atom. The minimum Gasteiger partial charge on any atom is -0.493 e. The number of carbonyl (C=O) groups excluding carboxylic acids is 1. The summed E-state index contributed by atoms with van der Waals surface area (Å²) in [6.45, 7) is 2.05. The zero-order chi connectivity index (χ0) is 17.5. The third-order valence-electron chi connectivity index (χ3n) is 3.42. The van der Waals surface area contributed by atoms with Crippen molar-refractivity contribution in [3.63, 3.8) is 0 Å². The Labute approximate surface area is 145 Å².